The normalized spacial score (nSPS) is 15.7. The predicted molar refractivity (Wildman–Crippen MR) is 98.9 cm³/mol. The van der Waals surface area contributed by atoms with E-state index in [1.807, 2.05) is 10.6 Å². The number of amides is 2. The lowest BCUT2D eigenvalue weighted by molar-refractivity contribution is -0.142. The van der Waals surface area contributed by atoms with Gasteiger partial charge in [-0.1, -0.05) is 30.3 Å². The van der Waals surface area contributed by atoms with Crippen LogP contribution in [0.2, 0.25) is 0 Å². The van der Waals surface area contributed by atoms with E-state index in [2.05, 4.69) is 0 Å². The number of hydrogen-bond donors (Lipinski definition) is 7. The predicted octanol–water partition coefficient (Wildman–Crippen LogP) is -2.49. The summed E-state index contributed by atoms with van der Waals surface area (Å²) in [6, 6.07) is 5.16. The maximum absolute atomic E-state index is 12.0. The molecule has 0 unspecified atom stereocenters. The Morgan fingerprint density at radius 3 is 2.20 bits per heavy atom. The van der Waals surface area contributed by atoms with Crippen molar-refractivity contribution in [2.45, 2.75) is 43.4 Å². The molecule has 166 valence electrons. The molecular weight excluding hydrogens is 404 g/mol. The van der Waals surface area contributed by atoms with Gasteiger partial charge in [-0.2, -0.15) is 0 Å². The molecular formula is C18H24N2O10. The van der Waals surface area contributed by atoms with Crippen molar-refractivity contribution in [1.29, 1.82) is 0 Å². The van der Waals surface area contributed by atoms with Crippen LogP contribution in [0.25, 0.3) is 0 Å². The zero-order valence-corrected chi connectivity index (χ0v) is 15.7. The summed E-state index contributed by atoms with van der Waals surface area (Å²) >= 11 is 0. The zero-order valence-electron chi connectivity index (χ0n) is 15.7. The second kappa shape index (κ2) is 12.5. The third-order valence-corrected chi connectivity index (χ3v) is 3.97. The molecule has 0 aromatic heterocycles. The smallest absolute Gasteiger partial charge is 0.408 e. The molecule has 1 aromatic rings. The Morgan fingerprint density at radius 1 is 1.03 bits per heavy atom. The maximum atomic E-state index is 12.0. The van der Waals surface area contributed by atoms with Gasteiger partial charge in [0.1, 0.15) is 43.3 Å². The van der Waals surface area contributed by atoms with Crippen molar-refractivity contribution in [3.8, 4) is 0 Å². The summed E-state index contributed by atoms with van der Waals surface area (Å²) < 4.78 is 4.88. The third kappa shape index (κ3) is 8.13. The van der Waals surface area contributed by atoms with Crippen LogP contribution >= 0.6 is 0 Å². The van der Waals surface area contributed by atoms with Crippen molar-refractivity contribution in [3.05, 3.63) is 35.9 Å². The van der Waals surface area contributed by atoms with Crippen molar-refractivity contribution < 1.29 is 49.4 Å². The van der Waals surface area contributed by atoms with Crippen molar-refractivity contribution in [2.24, 2.45) is 0 Å². The molecule has 0 aliphatic rings. The van der Waals surface area contributed by atoms with Crippen LogP contribution < -0.4 is 10.6 Å². The number of carbonyl (C=O) groups is 4. The van der Waals surface area contributed by atoms with Crippen molar-refractivity contribution in [1.82, 2.24) is 10.6 Å². The molecule has 0 aliphatic carbocycles. The molecule has 5 atom stereocenters. The molecule has 0 bridgehead atoms. The number of alkyl carbamates (subject to hydrolysis) is 1. The summed E-state index contributed by atoms with van der Waals surface area (Å²) in [4.78, 5) is 46.2. The molecule has 0 aliphatic heterocycles. The van der Waals surface area contributed by atoms with Crippen LogP contribution in [-0.4, -0.2) is 86.8 Å². The quantitative estimate of drug-likeness (QED) is 0.175. The van der Waals surface area contributed by atoms with Crippen LogP contribution in [0.5, 0.6) is 0 Å². The number of aliphatic hydroxyl groups excluding tert-OH is 4. The van der Waals surface area contributed by atoms with Crippen LogP contribution in [0.15, 0.2) is 30.3 Å². The van der Waals surface area contributed by atoms with Gasteiger partial charge in [0.25, 0.3) is 0 Å². The summed E-state index contributed by atoms with van der Waals surface area (Å²) in [5.74, 6) is -2.60. The van der Waals surface area contributed by atoms with E-state index in [1.54, 1.807) is 30.3 Å². The summed E-state index contributed by atoms with van der Waals surface area (Å²) in [6.07, 6.45) is -7.54. The lowest BCUT2D eigenvalue weighted by Gasteiger charge is -2.26. The van der Waals surface area contributed by atoms with Gasteiger partial charge in [-0.3, -0.25) is 4.79 Å². The Bertz CT molecular complexity index is 714. The highest BCUT2D eigenvalue weighted by atomic mass is 16.5. The lowest BCUT2D eigenvalue weighted by Crippen LogP contribution is -2.54. The minimum atomic E-state index is -1.97. The van der Waals surface area contributed by atoms with Gasteiger partial charge in [0, 0.05) is 0 Å². The standard InChI is InChI=1S/C18H24N2O10/c21-7-12(15(25)16(26)13(23)8-22)19-14(24)6-11(17(27)28)20-18(29)30-9-10-4-2-1-3-5-10/h1-5,7,11-13,15-16,22-23,25-26H,6,8-9H2,(H,19,24)(H,20,29)(H,27,28)/t11-,12-,13+,15+,16+/m0/s1. The number of rotatable bonds is 12. The first-order chi connectivity index (χ1) is 14.2. The van der Waals surface area contributed by atoms with Gasteiger partial charge in [-0.05, 0) is 5.56 Å². The van der Waals surface area contributed by atoms with E-state index in [-0.39, 0.29) is 12.9 Å². The van der Waals surface area contributed by atoms with E-state index in [0.29, 0.717) is 5.56 Å². The van der Waals surface area contributed by atoms with Crippen molar-refractivity contribution in [3.63, 3.8) is 0 Å². The van der Waals surface area contributed by atoms with E-state index in [9.17, 15) is 39.6 Å². The fraction of sp³-hybridized carbons (Fsp3) is 0.444. The van der Waals surface area contributed by atoms with E-state index in [0.717, 1.165) is 0 Å². The number of carboxylic acid groups (broad SMARTS) is 1. The van der Waals surface area contributed by atoms with E-state index in [4.69, 9.17) is 9.84 Å². The molecule has 12 nitrogen and oxygen atoms in total. The number of aliphatic carboxylic acids is 1. The number of nitrogens with one attached hydrogen (secondary N) is 2. The molecule has 7 N–H and O–H groups in total. The van der Waals surface area contributed by atoms with Gasteiger partial charge in [-0.15, -0.1) is 0 Å². The Balaban J connectivity index is 2.62. The number of ether oxygens (including phenoxy) is 1. The van der Waals surface area contributed by atoms with Gasteiger partial charge in [-0.25, -0.2) is 9.59 Å². The van der Waals surface area contributed by atoms with Crippen LogP contribution in [0.1, 0.15) is 12.0 Å². The van der Waals surface area contributed by atoms with E-state index >= 15 is 0 Å². The highest BCUT2D eigenvalue weighted by Crippen LogP contribution is 2.05. The summed E-state index contributed by atoms with van der Waals surface area (Å²) in [7, 11) is 0. The number of hydrogen-bond acceptors (Lipinski definition) is 9. The molecule has 12 heteroatoms. The number of benzene rings is 1. The highest BCUT2D eigenvalue weighted by molar-refractivity contribution is 5.88. The SMILES string of the molecule is O=C[C@H](NC(=O)C[C@H](NC(=O)OCc1ccccc1)C(=O)O)[C@@H](O)[C@H](O)[C@H](O)CO. The summed E-state index contributed by atoms with van der Waals surface area (Å²) in [6.45, 7) is -1.04. The molecule has 0 heterocycles. The number of carbonyl (C=O) groups excluding carboxylic acids is 3. The second-order valence-corrected chi connectivity index (χ2v) is 6.26. The average Bonchev–Trinajstić information content (AvgIpc) is 2.74. The minimum Gasteiger partial charge on any atom is -0.480 e. The first-order valence-electron chi connectivity index (χ1n) is 8.79. The van der Waals surface area contributed by atoms with Crippen molar-refractivity contribution >= 4 is 24.3 Å². The van der Waals surface area contributed by atoms with Gasteiger partial charge < -0.3 is 45.7 Å². The molecule has 30 heavy (non-hydrogen) atoms. The molecule has 0 radical (unpaired) electrons. The number of carboxylic acids is 1. The molecule has 0 saturated carbocycles. The van der Waals surface area contributed by atoms with E-state index < -0.39 is 61.4 Å². The third-order valence-electron chi connectivity index (χ3n) is 3.97. The van der Waals surface area contributed by atoms with Crippen LogP contribution in [-0.2, 0) is 25.7 Å². The Kier molecular flexibility index (Phi) is 10.4. The molecule has 2 amide bonds. The average molecular weight is 428 g/mol. The number of aliphatic hydroxyl groups is 4. The molecule has 0 spiro atoms. The summed E-state index contributed by atoms with van der Waals surface area (Å²) in [5, 5.41) is 50.6. The van der Waals surface area contributed by atoms with E-state index in [1.165, 1.54) is 0 Å². The van der Waals surface area contributed by atoms with Gasteiger partial charge in [0.2, 0.25) is 5.91 Å². The van der Waals surface area contributed by atoms with Gasteiger partial charge in [0.05, 0.1) is 13.0 Å². The second-order valence-electron chi connectivity index (χ2n) is 6.26. The summed E-state index contributed by atoms with van der Waals surface area (Å²) in [5.41, 5.74) is 0.656. The maximum Gasteiger partial charge on any atom is 0.408 e. The molecule has 0 saturated heterocycles. The fourth-order valence-corrected chi connectivity index (χ4v) is 2.29. The minimum absolute atomic E-state index is 0.0627. The number of aldehydes is 1. The van der Waals surface area contributed by atoms with Crippen molar-refractivity contribution in [2.75, 3.05) is 6.61 Å². The molecule has 1 rings (SSSR count). The first-order valence-corrected chi connectivity index (χ1v) is 8.79. The lowest BCUT2D eigenvalue weighted by atomic mass is 10.0. The van der Waals surface area contributed by atoms with Gasteiger partial charge in [0.15, 0.2) is 0 Å². The Morgan fingerprint density at radius 2 is 1.67 bits per heavy atom. The Labute approximate surface area is 171 Å². The zero-order chi connectivity index (χ0) is 22.7. The first kappa shape index (κ1) is 25.0. The molecule has 1 aromatic carbocycles. The largest absolute Gasteiger partial charge is 0.480 e. The Hall–Kier alpha value is -3.06. The van der Waals surface area contributed by atoms with Gasteiger partial charge >= 0.3 is 12.1 Å². The van der Waals surface area contributed by atoms with Crippen LogP contribution in [0.4, 0.5) is 4.79 Å². The highest BCUT2D eigenvalue weighted by Gasteiger charge is 2.33. The van der Waals surface area contributed by atoms with Crippen LogP contribution in [0.3, 0.4) is 0 Å². The topological polar surface area (TPSA) is 203 Å². The monoisotopic (exact) mass is 428 g/mol. The fourth-order valence-electron chi connectivity index (χ4n) is 2.29. The van der Waals surface area contributed by atoms with Crippen LogP contribution in [0, 0.1) is 0 Å². The molecule has 0 fully saturated rings.